The number of carbonyl (C=O) groups is 1. The predicted molar refractivity (Wildman–Crippen MR) is 59.3 cm³/mol. The first-order chi connectivity index (χ1) is 6.72. The molecule has 1 aliphatic carbocycles. The molecule has 1 saturated heterocycles. The Kier molecular flexibility index (Phi) is 3.02. The summed E-state index contributed by atoms with van der Waals surface area (Å²) in [6.45, 7) is 2.70. The molecule has 14 heavy (non-hydrogen) atoms. The van der Waals surface area contributed by atoms with E-state index in [1.807, 2.05) is 23.6 Å². The van der Waals surface area contributed by atoms with Crippen LogP contribution in [0.5, 0.6) is 0 Å². The summed E-state index contributed by atoms with van der Waals surface area (Å²) < 4.78 is 0. The molecule has 2 rings (SSSR count). The minimum atomic E-state index is 0.0309. The van der Waals surface area contributed by atoms with E-state index >= 15 is 0 Å². The summed E-state index contributed by atoms with van der Waals surface area (Å²) in [6, 6.07) is 0.528. The maximum atomic E-state index is 11.7. The van der Waals surface area contributed by atoms with Crippen LogP contribution in [0.3, 0.4) is 0 Å². The molecule has 0 radical (unpaired) electrons. The monoisotopic (exact) mass is 214 g/mol. The SMILES string of the molecule is CSC1CCC(N2CNC(C)C2=O)C1. The van der Waals surface area contributed by atoms with Crippen LogP contribution >= 0.6 is 11.8 Å². The molecule has 3 atom stereocenters. The third-order valence-corrected chi connectivity index (χ3v) is 4.45. The number of nitrogens with zero attached hydrogens (tertiary/aromatic N) is 1. The van der Waals surface area contributed by atoms with Gasteiger partial charge in [0.15, 0.2) is 0 Å². The lowest BCUT2D eigenvalue weighted by Gasteiger charge is -2.23. The number of nitrogens with one attached hydrogen (secondary N) is 1. The van der Waals surface area contributed by atoms with Crippen LogP contribution in [0.2, 0.25) is 0 Å². The van der Waals surface area contributed by atoms with Gasteiger partial charge in [-0.15, -0.1) is 0 Å². The van der Waals surface area contributed by atoms with E-state index in [-0.39, 0.29) is 11.9 Å². The molecule has 4 heteroatoms. The van der Waals surface area contributed by atoms with Gasteiger partial charge in [-0.1, -0.05) is 0 Å². The van der Waals surface area contributed by atoms with Crippen LogP contribution in [0, 0.1) is 0 Å². The highest BCUT2D eigenvalue weighted by Gasteiger charge is 2.36. The third-order valence-electron chi connectivity index (χ3n) is 3.35. The van der Waals surface area contributed by atoms with Crippen LogP contribution in [0.25, 0.3) is 0 Å². The molecule has 3 unspecified atom stereocenters. The maximum absolute atomic E-state index is 11.7. The Morgan fingerprint density at radius 3 is 2.79 bits per heavy atom. The van der Waals surface area contributed by atoms with Gasteiger partial charge in [0, 0.05) is 11.3 Å². The van der Waals surface area contributed by atoms with E-state index in [2.05, 4.69) is 11.6 Å². The van der Waals surface area contributed by atoms with Gasteiger partial charge in [0.2, 0.25) is 5.91 Å². The molecule has 0 aromatic carbocycles. The molecule has 1 heterocycles. The zero-order chi connectivity index (χ0) is 10.1. The first-order valence-corrected chi connectivity index (χ1v) is 6.58. The van der Waals surface area contributed by atoms with Crippen molar-refractivity contribution in [2.24, 2.45) is 0 Å². The molecule has 0 bridgehead atoms. The number of carbonyl (C=O) groups excluding carboxylic acids is 1. The van der Waals surface area contributed by atoms with Crippen molar-refractivity contribution in [1.29, 1.82) is 0 Å². The van der Waals surface area contributed by atoms with Gasteiger partial charge in [0.1, 0.15) is 0 Å². The summed E-state index contributed by atoms with van der Waals surface area (Å²) in [4.78, 5) is 13.8. The summed E-state index contributed by atoms with van der Waals surface area (Å²) in [5.74, 6) is 0.289. The Bertz CT molecular complexity index is 234. The molecule has 3 nitrogen and oxygen atoms in total. The Morgan fingerprint density at radius 1 is 1.50 bits per heavy atom. The molecule has 80 valence electrons. The number of hydrogen-bond acceptors (Lipinski definition) is 3. The lowest BCUT2D eigenvalue weighted by molar-refractivity contribution is -0.130. The second-order valence-electron chi connectivity index (χ2n) is 4.22. The van der Waals surface area contributed by atoms with E-state index in [1.165, 1.54) is 19.3 Å². The molecule has 2 aliphatic rings. The fraction of sp³-hybridized carbons (Fsp3) is 0.900. The zero-order valence-corrected chi connectivity index (χ0v) is 9.64. The van der Waals surface area contributed by atoms with Crippen LogP contribution in [0.1, 0.15) is 26.2 Å². The van der Waals surface area contributed by atoms with E-state index in [0.717, 1.165) is 11.9 Å². The van der Waals surface area contributed by atoms with Gasteiger partial charge in [0.25, 0.3) is 0 Å². The van der Waals surface area contributed by atoms with Crippen molar-refractivity contribution in [3.05, 3.63) is 0 Å². The summed E-state index contributed by atoms with van der Waals surface area (Å²) in [7, 11) is 0. The van der Waals surface area contributed by atoms with E-state index < -0.39 is 0 Å². The van der Waals surface area contributed by atoms with Crippen LogP contribution in [0.4, 0.5) is 0 Å². The van der Waals surface area contributed by atoms with Gasteiger partial charge < -0.3 is 4.90 Å². The highest BCUT2D eigenvalue weighted by molar-refractivity contribution is 7.99. The molecular formula is C10H18N2OS. The smallest absolute Gasteiger partial charge is 0.240 e. The molecule has 1 saturated carbocycles. The standard InChI is InChI=1S/C10H18N2OS/c1-7-10(13)12(6-11-7)8-3-4-9(5-8)14-2/h7-9,11H,3-6H2,1-2H3. The molecule has 1 aliphatic heterocycles. The van der Waals surface area contributed by atoms with Crippen molar-refractivity contribution < 1.29 is 4.79 Å². The normalized spacial score (nSPS) is 38.3. The first kappa shape index (κ1) is 10.3. The molecule has 2 fully saturated rings. The highest BCUT2D eigenvalue weighted by Crippen LogP contribution is 2.32. The third kappa shape index (κ3) is 1.77. The molecule has 0 aromatic heterocycles. The predicted octanol–water partition coefficient (Wildman–Crippen LogP) is 1.05. The number of amides is 1. The van der Waals surface area contributed by atoms with E-state index in [0.29, 0.717) is 6.04 Å². The van der Waals surface area contributed by atoms with E-state index in [9.17, 15) is 4.79 Å². The number of hydrogen-bond donors (Lipinski definition) is 1. The quantitative estimate of drug-likeness (QED) is 0.745. The first-order valence-electron chi connectivity index (χ1n) is 5.29. The zero-order valence-electron chi connectivity index (χ0n) is 8.82. The Labute approximate surface area is 89.6 Å². The van der Waals surface area contributed by atoms with Gasteiger partial charge in [-0.25, -0.2) is 0 Å². The fourth-order valence-corrected chi connectivity index (χ4v) is 3.16. The minimum absolute atomic E-state index is 0.0309. The summed E-state index contributed by atoms with van der Waals surface area (Å²) >= 11 is 1.94. The van der Waals surface area contributed by atoms with Crippen molar-refractivity contribution in [3.8, 4) is 0 Å². The topological polar surface area (TPSA) is 32.3 Å². The fourth-order valence-electron chi connectivity index (χ4n) is 2.37. The van der Waals surface area contributed by atoms with Gasteiger partial charge >= 0.3 is 0 Å². The van der Waals surface area contributed by atoms with E-state index in [1.54, 1.807) is 0 Å². The number of rotatable bonds is 2. The summed E-state index contributed by atoms with van der Waals surface area (Å²) in [5, 5.41) is 3.97. The Morgan fingerprint density at radius 2 is 2.29 bits per heavy atom. The second kappa shape index (κ2) is 4.11. The van der Waals surface area contributed by atoms with Gasteiger partial charge in [0.05, 0.1) is 12.7 Å². The lowest BCUT2D eigenvalue weighted by Crippen LogP contribution is -2.36. The molecule has 1 amide bonds. The van der Waals surface area contributed by atoms with Crippen molar-refractivity contribution >= 4 is 17.7 Å². The molecule has 1 N–H and O–H groups in total. The second-order valence-corrected chi connectivity index (χ2v) is 5.35. The average Bonchev–Trinajstić information content (AvgIpc) is 2.75. The van der Waals surface area contributed by atoms with Gasteiger partial charge in [-0.2, -0.15) is 11.8 Å². The van der Waals surface area contributed by atoms with Crippen LogP contribution < -0.4 is 5.32 Å². The summed E-state index contributed by atoms with van der Waals surface area (Å²) in [6.07, 6.45) is 5.80. The van der Waals surface area contributed by atoms with Gasteiger partial charge in [-0.05, 0) is 32.4 Å². The highest BCUT2D eigenvalue weighted by atomic mass is 32.2. The van der Waals surface area contributed by atoms with Crippen molar-refractivity contribution in [1.82, 2.24) is 10.2 Å². The molecule has 0 spiro atoms. The van der Waals surface area contributed by atoms with Crippen molar-refractivity contribution in [2.75, 3.05) is 12.9 Å². The molecular weight excluding hydrogens is 196 g/mol. The Hall–Kier alpha value is -0.220. The minimum Gasteiger partial charge on any atom is -0.326 e. The van der Waals surface area contributed by atoms with Crippen LogP contribution in [0.15, 0.2) is 0 Å². The van der Waals surface area contributed by atoms with Gasteiger partial charge in [-0.3, -0.25) is 10.1 Å². The number of thioether (sulfide) groups is 1. The molecule has 0 aromatic rings. The average molecular weight is 214 g/mol. The summed E-state index contributed by atoms with van der Waals surface area (Å²) in [5.41, 5.74) is 0. The van der Waals surface area contributed by atoms with Crippen LogP contribution in [-0.2, 0) is 4.79 Å². The van der Waals surface area contributed by atoms with Crippen molar-refractivity contribution in [3.63, 3.8) is 0 Å². The van der Waals surface area contributed by atoms with E-state index in [4.69, 9.17) is 0 Å². The lowest BCUT2D eigenvalue weighted by atomic mass is 10.2. The van der Waals surface area contributed by atoms with Crippen LogP contribution in [-0.4, -0.2) is 41.1 Å². The van der Waals surface area contributed by atoms with Crippen molar-refractivity contribution in [2.45, 2.75) is 43.5 Å². The Balaban J connectivity index is 1.94. The maximum Gasteiger partial charge on any atom is 0.240 e. The largest absolute Gasteiger partial charge is 0.326 e.